The summed E-state index contributed by atoms with van der Waals surface area (Å²) in [5.41, 5.74) is 1.74. The monoisotopic (exact) mass is 256 g/mol. The molecule has 0 fully saturated rings. The normalized spacial score (nSPS) is 10.5. The molecule has 5 heteroatoms. The van der Waals surface area contributed by atoms with Crippen LogP contribution in [0.15, 0.2) is 49.1 Å². The second-order valence-corrected chi connectivity index (χ2v) is 4.18. The maximum atomic E-state index is 5.94. The Balaban J connectivity index is 2.07. The molecule has 88 valence electrons. The Kier molecular flexibility index (Phi) is 2.78. The van der Waals surface area contributed by atoms with Crippen LogP contribution in [-0.4, -0.2) is 15.0 Å². The Morgan fingerprint density at radius 3 is 2.67 bits per heavy atom. The number of rotatable bonds is 2. The largest absolute Gasteiger partial charge is 0.340 e. The Bertz CT molecular complexity index is 685. The first kappa shape index (κ1) is 10.9. The van der Waals surface area contributed by atoms with E-state index in [1.54, 1.807) is 12.4 Å². The number of aromatic nitrogens is 3. The highest BCUT2D eigenvalue weighted by Gasteiger charge is 2.04. The highest BCUT2D eigenvalue weighted by Crippen LogP contribution is 2.24. The number of halogens is 1. The van der Waals surface area contributed by atoms with Crippen LogP contribution in [0, 0.1) is 0 Å². The molecule has 0 radical (unpaired) electrons. The van der Waals surface area contributed by atoms with Gasteiger partial charge in [0.25, 0.3) is 0 Å². The van der Waals surface area contributed by atoms with Gasteiger partial charge in [-0.3, -0.25) is 4.98 Å². The summed E-state index contributed by atoms with van der Waals surface area (Å²) in [6.07, 6.45) is 4.97. The van der Waals surface area contributed by atoms with Gasteiger partial charge in [0.2, 0.25) is 0 Å². The highest BCUT2D eigenvalue weighted by molar-refractivity contribution is 6.31. The van der Waals surface area contributed by atoms with Crippen LogP contribution in [0.25, 0.3) is 10.9 Å². The SMILES string of the molecule is Clc1ccc2c(Nc3ccncc3)ncnc2c1. The van der Waals surface area contributed by atoms with E-state index >= 15 is 0 Å². The standard InChI is InChI=1S/C13H9ClN4/c14-9-1-2-11-12(7-9)16-8-17-13(11)18-10-3-5-15-6-4-10/h1-8H,(H,15,16,17,18). The van der Waals surface area contributed by atoms with Crippen molar-refractivity contribution >= 4 is 34.0 Å². The third-order valence-corrected chi connectivity index (χ3v) is 2.78. The fourth-order valence-corrected chi connectivity index (χ4v) is 1.87. The smallest absolute Gasteiger partial charge is 0.141 e. The summed E-state index contributed by atoms with van der Waals surface area (Å²) in [6, 6.07) is 9.30. The average molecular weight is 257 g/mol. The number of fused-ring (bicyclic) bond motifs is 1. The first-order valence-corrected chi connectivity index (χ1v) is 5.78. The van der Waals surface area contributed by atoms with Crippen LogP contribution in [0.2, 0.25) is 5.02 Å². The fraction of sp³-hybridized carbons (Fsp3) is 0. The fourth-order valence-electron chi connectivity index (χ4n) is 1.70. The number of hydrogen-bond acceptors (Lipinski definition) is 4. The average Bonchev–Trinajstić information content (AvgIpc) is 2.40. The molecule has 0 aliphatic carbocycles. The van der Waals surface area contributed by atoms with Crippen molar-refractivity contribution in [1.82, 2.24) is 15.0 Å². The van der Waals surface area contributed by atoms with Crippen LogP contribution in [0.3, 0.4) is 0 Å². The molecule has 2 aromatic heterocycles. The van der Waals surface area contributed by atoms with Gasteiger partial charge in [-0.05, 0) is 30.3 Å². The maximum Gasteiger partial charge on any atom is 0.141 e. The lowest BCUT2D eigenvalue weighted by molar-refractivity contribution is 1.21. The maximum absolute atomic E-state index is 5.94. The molecule has 1 N–H and O–H groups in total. The second-order valence-electron chi connectivity index (χ2n) is 3.74. The van der Waals surface area contributed by atoms with E-state index < -0.39 is 0 Å². The van der Waals surface area contributed by atoms with Gasteiger partial charge in [0, 0.05) is 28.5 Å². The van der Waals surface area contributed by atoms with Gasteiger partial charge in [-0.1, -0.05) is 11.6 Å². The summed E-state index contributed by atoms with van der Waals surface area (Å²) in [7, 11) is 0. The Morgan fingerprint density at radius 1 is 1.00 bits per heavy atom. The van der Waals surface area contributed by atoms with Crippen LogP contribution < -0.4 is 5.32 Å². The molecule has 18 heavy (non-hydrogen) atoms. The first-order valence-electron chi connectivity index (χ1n) is 5.40. The lowest BCUT2D eigenvalue weighted by Gasteiger charge is -2.07. The number of benzene rings is 1. The summed E-state index contributed by atoms with van der Waals surface area (Å²) in [5.74, 6) is 0.753. The van der Waals surface area contributed by atoms with Crippen molar-refractivity contribution in [3.63, 3.8) is 0 Å². The minimum Gasteiger partial charge on any atom is -0.340 e. The minimum atomic E-state index is 0.663. The lowest BCUT2D eigenvalue weighted by atomic mass is 10.2. The van der Waals surface area contributed by atoms with Crippen molar-refractivity contribution < 1.29 is 0 Å². The molecule has 0 atom stereocenters. The van der Waals surface area contributed by atoms with E-state index in [1.807, 2.05) is 30.3 Å². The van der Waals surface area contributed by atoms with Crippen LogP contribution in [0.5, 0.6) is 0 Å². The Morgan fingerprint density at radius 2 is 1.83 bits per heavy atom. The van der Waals surface area contributed by atoms with E-state index in [4.69, 9.17) is 11.6 Å². The molecule has 0 unspecified atom stereocenters. The molecule has 0 spiro atoms. The minimum absolute atomic E-state index is 0.663. The zero-order chi connectivity index (χ0) is 12.4. The number of hydrogen-bond donors (Lipinski definition) is 1. The molecule has 0 amide bonds. The van der Waals surface area contributed by atoms with E-state index in [0.29, 0.717) is 5.02 Å². The zero-order valence-corrected chi connectivity index (χ0v) is 10.1. The molecule has 0 saturated heterocycles. The molecule has 0 aliphatic heterocycles. The van der Waals surface area contributed by atoms with E-state index in [-0.39, 0.29) is 0 Å². The molecule has 3 aromatic rings. The first-order chi connectivity index (χ1) is 8.83. The molecule has 0 bridgehead atoms. The van der Waals surface area contributed by atoms with Gasteiger partial charge in [-0.25, -0.2) is 9.97 Å². The second kappa shape index (κ2) is 4.58. The third kappa shape index (κ3) is 2.10. The van der Waals surface area contributed by atoms with E-state index in [1.165, 1.54) is 6.33 Å². The van der Waals surface area contributed by atoms with Crippen molar-refractivity contribution in [3.8, 4) is 0 Å². The van der Waals surface area contributed by atoms with Crippen LogP contribution in [-0.2, 0) is 0 Å². The Labute approximate surface area is 109 Å². The van der Waals surface area contributed by atoms with Gasteiger partial charge < -0.3 is 5.32 Å². The summed E-state index contributed by atoms with van der Waals surface area (Å²) in [5, 5.41) is 4.82. The zero-order valence-electron chi connectivity index (χ0n) is 9.34. The quantitative estimate of drug-likeness (QED) is 0.763. The van der Waals surface area contributed by atoms with E-state index in [0.717, 1.165) is 22.4 Å². The number of anilines is 2. The van der Waals surface area contributed by atoms with Gasteiger partial charge in [-0.15, -0.1) is 0 Å². The summed E-state index contributed by atoms with van der Waals surface area (Å²) in [4.78, 5) is 12.4. The van der Waals surface area contributed by atoms with Gasteiger partial charge in [0.05, 0.1) is 5.52 Å². The molecule has 2 heterocycles. The predicted octanol–water partition coefficient (Wildman–Crippen LogP) is 3.42. The lowest BCUT2D eigenvalue weighted by Crippen LogP contribution is -1.95. The number of nitrogens with one attached hydrogen (secondary N) is 1. The van der Waals surface area contributed by atoms with E-state index in [9.17, 15) is 0 Å². The van der Waals surface area contributed by atoms with Crippen molar-refractivity contribution in [1.29, 1.82) is 0 Å². The van der Waals surface area contributed by atoms with Crippen LogP contribution in [0.1, 0.15) is 0 Å². The molecule has 4 nitrogen and oxygen atoms in total. The number of nitrogens with zero attached hydrogens (tertiary/aromatic N) is 3. The number of pyridine rings is 1. The summed E-state index contributed by atoms with van der Waals surface area (Å²) < 4.78 is 0. The van der Waals surface area contributed by atoms with E-state index in [2.05, 4.69) is 20.3 Å². The van der Waals surface area contributed by atoms with Gasteiger partial charge >= 0.3 is 0 Å². The Hall–Kier alpha value is -2.20. The topological polar surface area (TPSA) is 50.7 Å². The van der Waals surface area contributed by atoms with Gasteiger partial charge in [0.15, 0.2) is 0 Å². The van der Waals surface area contributed by atoms with Crippen LogP contribution >= 0.6 is 11.6 Å². The van der Waals surface area contributed by atoms with Crippen LogP contribution in [0.4, 0.5) is 11.5 Å². The molecule has 1 aromatic carbocycles. The van der Waals surface area contributed by atoms with Crippen molar-refractivity contribution in [2.75, 3.05) is 5.32 Å². The van der Waals surface area contributed by atoms with Crippen molar-refractivity contribution in [2.24, 2.45) is 0 Å². The van der Waals surface area contributed by atoms with Crippen molar-refractivity contribution in [2.45, 2.75) is 0 Å². The predicted molar refractivity (Wildman–Crippen MR) is 72.1 cm³/mol. The third-order valence-electron chi connectivity index (χ3n) is 2.54. The summed E-state index contributed by atoms with van der Waals surface area (Å²) >= 11 is 5.94. The molecule has 0 aliphatic rings. The molecular weight excluding hydrogens is 248 g/mol. The van der Waals surface area contributed by atoms with Gasteiger partial charge in [0.1, 0.15) is 12.1 Å². The molecule has 0 saturated carbocycles. The van der Waals surface area contributed by atoms with Crippen molar-refractivity contribution in [3.05, 3.63) is 54.1 Å². The van der Waals surface area contributed by atoms with Gasteiger partial charge in [-0.2, -0.15) is 0 Å². The summed E-state index contributed by atoms with van der Waals surface area (Å²) in [6.45, 7) is 0. The highest BCUT2D eigenvalue weighted by atomic mass is 35.5. The molecule has 3 rings (SSSR count). The molecular formula is C13H9ClN4.